The quantitative estimate of drug-likeness (QED) is 0.822. The zero-order valence-corrected chi connectivity index (χ0v) is 12.9. The van der Waals surface area contributed by atoms with Crippen molar-refractivity contribution >= 4 is 0 Å². The molecule has 0 saturated heterocycles. The fourth-order valence-electron chi connectivity index (χ4n) is 2.16. The standard InChI is InChI=1S/C16H28N2O/c1-6-19-14-9-7-13(8-10-14)15(18(4)5)11-16(2,3)12-17/h7-10,15H,6,11-12,17H2,1-5H3. The number of benzene rings is 1. The van der Waals surface area contributed by atoms with Gasteiger partial charge in [0.2, 0.25) is 0 Å². The molecule has 0 aliphatic carbocycles. The molecule has 1 rings (SSSR count). The molecule has 1 aromatic rings. The van der Waals surface area contributed by atoms with Crippen molar-refractivity contribution in [1.29, 1.82) is 0 Å². The van der Waals surface area contributed by atoms with Gasteiger partial charge in [0.15, 0.2) is 0 Å². The second-order valence-corrected chi connectivity index (χ2v) is 6.05. The third-order valence-corrected chi connectivity index (χ3v) is 3.50. The van der Waals surface area contributed by atoms with Crippen LogP contribution in [0.2, 0.25) is 0 Å². The highest BCUT2D eigenvalue weighted by atomic mass is 16.5. The van der Waals surface area contributed by atoms with Crippen LogP contribution < -0.4 is 10.5 Å². The molecule has 0 aromatic heterocycles. The lowest BCUT2D eigenvalue weighted by molar-refractivity contribution is 0.202. The van der Waals surface area contributed by atoms with Gasteiger partial charge in [0.25, 0.3) is 0 Å². The van der Waals surface area contributed by atoms with Crippen molar-refractivity contribution in [3.63, 3.8) is 0 Å². The fraction of sp³-hybridized carbons (Fsp3) is 0.625. The molecule has 108 valence electrons. The van der Waals surface area contributed by atoms with E-state index in [1.54, 1.807) is 0 Å². The van der Waals surface area contributed by atoms with Crippen molar-refractivity contribution in [2.75, 3.05) is 27.2 Å². The molecule has 0 fully saturated rings. The molecule has 0 aliphatic rings. The van der Waals surface area contributed by atoms with E-state index in [0.717, 1.165) is 12.2 Å². The molecule has 1 aromatic carbocycles. The molecular formula is C16H28N2O. The van der Waals surface area contributed by atoms with Crippen molar-refractivity contribution in [2.45, 2.75) is 33.2 Å². The summed E-state index contributed by atoms with van der Waals surface area (Å²) in [5, 5.41) is 0. The molecule has 0 amide bonds. The van der Waals surface area contributed by atoms with Gasteiger partial charge in [0, 0.05) is 6.04 Å². The van der Waals surface area contributed by atoms with Gasteiger partial charge in [-0.1, -0.05) is 26.0 Å². The van der Waals surface area contributed by atoms with Crippen LogP contribution in [0.3, 0.4) is 0 Å². The van der Waals surface area contributed by atoms with E-state index in [1.165, 1.54) is 5.56 Å². The van der Waals surface area contributed by atoms with Gasteiger partial charge in [0.05, 0.1) is 6.61 Å². The van der Waals surface area contributed by atoms with Crippen molar-refractivity contribution in [3.8, 4) is 5.75 Å². The second kappa shape index (κ2) is 6.92. The number of rotatable bonds is 7. The average molecular weight is 264 g/mol. The summed E-state index contributed by atoms with van der Waals surface area (Å²) in [4.78, 5) is 2.26. The number of hydrogen-bond acceptors (Lipinski definition) is 3. The van der Waals surface area contributed by atoms with Crippen LogP contribution in [0.1, 0.15) is 38.8 Å². The first kappa shape index (κ1) is 16.0. The zero-order valence-electron chi connectivity index (χ0n) is 12.9. The molecule has 0 heterocycles. The van der Waals surface area contributed by atoms with Gasteiger partial charge in [-0.2, -0.15) is 0 Å². The number of nitrogens with zero attached hydrogens (tertiary/aromatic N) is 1. The highest BCUT2D eigenvalue weighted by molar-refractivity contribution is 5.29. The van der Waals surface area contributed by atoms with Gasteiger partial charge in [0.1, 0.15) is 5.75 Å². The van der Waals surface area contributed by atoms with E-state index in [4.69, 9.17) is 10.5 Å². The molecule has 0 radical (unpaired) electrons. The Bertz CT molecular complexity index is 371. The van der Waals surface area contributed by atoms with Gasteiger partial charge < -0.3 is 15.4 Å². The monoisotopic (exact) mass is 264 g/mol. The first-order chi connectivity index (χ1) is 8.89. The largest absolute Gasteiger partial charge is 0.494 e. The SMILES string of the molecule is CCOc1ccc(C(CC(C)(C)CN)N(C)C)cc1. The van der Waals surface area contributed by atoms with E-state index in [1.807, 2.05) is 19.1 Å². The van der Waals surface area contributed by atoms with Crippen LogP contribution in [0, 0.1) is 5.41 Å². The Morgan fingerprint density at radius 3 is 2.21 bits per heavy atom. The van der Waals surface area contributed by atoms with Gasteiger partial charge in [-0.25, -0.2) is 0 Å². The van der Waals surface area contributed by atoms with Gasteiger partial charge >= 0.3 is 0 Å². The maximum absolute atomic E-state index is 5.86. The van der Waals surface area contributed by atoms with Crippen LogP contribution in [0.5, 0.6) is 5.75 Å². The minimum absolute atomic E-state index is 0.146. The molecule has 1 unspecified atom stereocenters. The summed E-state index contributed by atoms with van der Waals surface area (Å²) in [5.41, 5.74) is 7.32. The Morgan fingerprint density at radius 2 is 1.79 bits per heavy atom. The zero-order chi connectivity index (χ0) is 14.5. The normalized spacial score (nSPS) is 13.6. The molecule has 0 spiro atoms. The molecule has 3 heteroatoms. The molecule has 2 N–H and O–H groups in total. The first-order valence-corrected chi connectivity index (χ1v) is 6.99. The summed E-state index contributed by atoms with van der Waals surface area (Å²) in [6.07, 6.45) is 1.05. The van der Waals surface area contributed by atoms with Crippen LogP contribution >= 0.6 is 0 Å². The van der Waals surface area contributed by atoms with Crippen LogP contribution in [-0.4, -0.2) is 32.1 Å². The Kier molecular flexibility index (Phi) is 5.83. The summed E-state index contributed by atoms with van der Waals surface area (Å²) < 4.78 is 5.49. The molecule has 0 saturated carbocycles. The fourth-order valence-corrected chi connectivity index (χ4v) is 2.16. The Morgan fingerprint density at radius 1 is 1.21 bits per heavy atom. The predicted octanol–water partition coefficient (Wildman–Crippen LogP) is 3.06. The van der Waals surface area contributed by atoms with Crippen molar-refractivity contribution in [2.24, 2.45) is 11.1 Å². The maximum Gasteiger partial charge on any atom is 0.119 e. The highest BCUT2D eigenvalue weighted by Crippen LogP contribution is 2.32. The lowest BCUT2D eigenvalue weighted by Crippen LogP contribution is -2.31. The van der Waals surface area contributed by atoms with E-state index in [0.29, 0.717) is 19.2 Å². The summed E-state index contributed by atoms with van der Waals surface area (Å²) in [6.45, 7) is 7.85. The van der Waals surface area contributed by atoms with E-state index in [-0.39, 0.29) is 5.41 Å². The molecule has 0 aliphatic heterocycles. The topological polar surface area (TPSA) is 38.5 Å². The Hall–Kier alpha value is -1.06. The van der Waals surface area contributed by atoms with Gasteiger partial charge in [-0.15, -0.1) is 0 Å². The summed E-state index contributed by atoms with van der Waals surface area (Å²) in [5.74, 6) is 0.932. The van der Waals surface area contributed by atoms with E-state index >= 15 is 0 Å². The number of hydrogen-bond donors (Lipinski definition) is 1. The maximum atomic E-state index is 5.86. The van der Waals surface area contributed by atoms with E-state index in [9.17, 15) is 0 Å². The second-order valence-electron chi connectivity index (χ2n) is 6.05. The third kappa shape index (κ3) is 4.84. The molecule has 19 heavy (non-hydrogen) atoms. The van der Waals surface area contributed by atoms with Gasteiger partial charge in [-0.3, -0.25) is 0 Å². The Balaban J connectivity index is 2.87. The number of nitrogens with two attached hydrogens (primary N) is 1. The third-order valence-electron chi connectivity index (χ3n) is 3.50. The molecular weight excluding hydrogens is 236 g/mol. The summed E-state index contributed by atoms with van der Waals surface area (Å²) in [6, 6.07) is 8.79. The van der Waals surface area contributed by atoms with Crippen LogP contribution in [0.15, 0.2) is 24.3 Å². The average Bonchev–Trinajstić information content (AvgIpc) is 2.37. The smallest absolute Gasteiger partial charge is 0.119 e. The van der Waals surface area contributed by atoms with Crippen LogP contribution in [0.4, 0.5) is 0 Å². The van der Waals surface area contributed by atoms with E-state index < -0.39 is 0 Å². The highest BCUT2D eigenvalue weighted by Gasteiger charge is 2.24. The summed E-state index contributed by atoms with van der Waals surface area (Å²) >= 11 is 0. The number of ether oxygens (including phenoxy) is 1. The van der Waals surface area contributed by atoms with Crippen LogP contribution in [0.25, 0.3) is 0 Å². The molecule has 1 atom stereocenters. The van der Waals surface area contributed by atoms with Crippen molar-refractivity contribution in [1.82, 2.24) is 4.90 Å². The van der Waals surface area contributed by atoms with Crippen LogP contribution in [-0.2, 0) is 0 Å². The minimum Gasteiger partial charge on any atom is -0.494 e. The van der Waals surface area contributed by atoms with Gasteiger partial charge in [-0.05, 0) is 57.1 Å². The predicted molar refractivity (Wildman–Crippen MR) is 81.5 cm³/mol. The minimum atomic E-state index is 0.146. The first-order valence-electron chi connectivity index (χ1n) is 6.99. The lowest BCUT2D eigenvalue weighted by Gasteiger charge is -2.33. The molecule has 0 bridgehead atoms. The Labute approximate surface area is 117 Å². The van der Waals surface area contributed by atoms with Crippen molar-refractivity contribution in [3.05, 3.63) is 29.8 Å². The lowest BCUT2D eigenvalue weighted by atomic mass is 9.83. The van der Waals surface area contributed by atoms with E-state index in [2.05, 4.69) is 45.0 Å². The van der Waals surface area contributed by atoms with Crippen molar-refractivity contribution < 1.29 is 4.74 Å². The molecule has 3 nitrogen and oxygen atoms in total. The summed E-state index contributed by atoms with van der Waals surface area (Å²) in [7, 11) is 4.24.